The van der Waals surface area contributed by atoms with Crippen LogP contribution in [0.3, 0.4) is 0 Å². The molecule has 3 amide bonds. The Bertz CT molecular complexity index is 670. The van der Waals surface area contributed by atoms with Gasteiger partial charge in [0.25, 0.3) is 0 Å². The second kappa shape index (κ2) is 5.30. The maximum atomic E-state index is 12.5. The van der Waals surface area contributed by atoms with E-state index in [9.17, 15) is 14.4 Å². The van der Waals surface area contributed by atoms with Crippen molar-refractivity contribution in [2.75, 3.05) is 11.9 Å². The number of carbonyl (C=O) groups excluding carboxylic acids is 3. The van der Waals surface area contributed by atoms with Crippen LogP contribution in [0.15, 0.2) is 36.5 Å². The zero-order chi connectivity index (χ0) is 16.0. The molecule has 1 aliphatic heterocycles. The van der Waals surface area contributed by atoms with Crippen molar-refractivity contribution in [1.29, 1.82) is 0 Å². The van der Waals surface area contributed by atoms with Gasteiger partial charge in [0.15, 0.2) is 0 Å². The van der Waals surface area contributed by atoms with Crippen molar-refractivity contribution in [2.24, 2.45) is 23.7 Å². The molecule has 2 bridgehead atoms. The number of fused-ring (bicyclic) bond motifs is 5. The van der Waals surface area contributed by atoms with Gasteiger partial charge in [0.05, 0.1) is 11.8 Å². The molecule has 0 radical (unpaired) electrons. The summed E-state index contributed by atoms with van der Waals surface area (Å²) in [6.07, 6.45) is 6.73. The fourth-order valence-electron chi connectivity index (χ4n) is 4.04. The van der Waals surface area contributed by atoms with E-state index in [-0.39, 0.29) is 54.4 Å². The second-order valence-electron chi connectivity index (χ2n) is 6.34. The van der Waals surface area contributed by atoms with Crippen LogP contribution in [0.2, 0.25) is 0 Å². The molecule has 4 atom stereocenters. The smallest absolute Gasteiger partial charge is 0.233 e. The largest absolute Gasteiger partial charge is 0.311 e. The molecule has 6 nitrogen and oxygen atoms in total. The van der Waals surface area contributed by atoms with Crippen molar-refractivity contribution < 1.29 is 14.4 Å². The van der Waals surface area contributed by atoms with E-state index in [2.05, 4.69) is 22.5 Å². The number of hydrogen-bond acceptors (Lipinski definition) is 4. The summed E-state index contributed by atoms with van der Waals surface area (Å²) >= 11 is 0. The van der Waals surface area contributed by atoms with E-state index >= 15 is 0 Å². The number of anilines is 1. The Hall–Kier alpha value is -2.50. The van der Waals surface area contributed by atoms with Crippen LogP contribution in [0.4, 0.5) is 5.82 Å². The van der Waals surface area contributed by atoms with E-state index in [1.807, 2.05) is 0 Å². The molecule has 118 valence electrons. The van der Waals surface area contributed by atoms with E-state index in [4.69, 9.17) is 0 Å². The van der Waals surface area contributed by atoms with Gasteiger partial charge in [-0.15, -0.1) is 0 Å². The van der Waals surface area contributed by atoms with Crippen LogP contribution in [-0.4, -0.2) is 34.2 Å². The third-order valence-corrected chi connectivity index (χ3v) is 5.06. The van der Waals surface area contributed by atoms with Crippen molar-refractivity contribution in [1.82, 2.24) is 9.88 Å². The van der Waals surface area contributed by atoms with Gasteiger partial charge in [0, 0.05) is 19.2 Å². The molecule has 2 aliphatic carbocycles. The SMILES string of the molecule is O=C(CCN1C(=O)[C@@H]2[C@@H](C1=O)[C@H]1C=C[C@@H]2C1)Nc1ccccn1. The van der Waals surface area contributed by atoms with Crippen LogP contribution in [0, 0.1) is 23.7 Å². The summed E-state index contributed by atoms with van der Waals surface area (Å²) in [5, 5.41) is 2.66. The third-order valence-electron chi connectivity index (χ3n) is 5.06. The number of pyridine rings is 1. The first-order valence-corrected chi connectivity index (χ1v) is 7.89. The normalized spacial score (nSPS) is 30.9. The highest BCUT2D eigenvalue weighted by atomic mass is 16.2. The van der Waals surface area contributed by atoms with Gasteiger partial charge in [-0.25, -0.2) is 4.98 Å². The Labute approximate surface area is 133 Å². The van der Waals surface area contributed by atoms with E-state index in [1.54, 1.807) is 24.4 Å². The highest BCUT2D eigenvalue weighted by molar-refractivity contribution is 6.06. The van der Waals surface area contributed by atoms with Gasteiger partial charge in [-0.3, -0.25) is 19.3 Å². The Balaban J connectivity index is 1.38. The van der Waals surface area contributed by atoms with Crippen molar-refractivity contribution in [3.63, 3.8) is 0 Å². The van der Waals surface area contributed by atoms with Crippen molar-refractivity contribution in [3.8, 4) is 0 Å². The lowest BCUT2D eigenvalue weighted by Crippen LogP contribution is -2.35. The van der Waals surface area contributed by atoms with Gasteiger partial charge in [0.1, 0.15) is 5.82 Å². The molecule has 1 N–H and O–H groups in total. The Morgan fingerprint density at radius 1 is 1.17 bits per heavy atom. The predicted octanol–water partition coefficient (Wildman–Crippen LogP) is 1.22. The fraction of sp³-hybridized carbons (Fsp3) is 0.412. The minimum atomic E-state index is -0.248. The molecule has 0 spiro atoms. The van der Waals surface area contributed by atoms with Crippen LogP contribution < -0.4 is 5.32 Å². The molecule has 4 rings (SSSR count). The standard InChI is InChI=1S/C17H17N3O3/c21-13(19-12-3-1-2-7-18-12)6-8-20-16(22)14-10-4-5-11(9-10)15(14)17(20)23/h1-5,7,10-11,14-15H,6,8-9H2,(H,18,19,21)/t10-,11+,14-,15-/m0/s1. The van der Waals surface area contributed by atoms with Gasteiger partial charge >= 0.3 is 0 Å². The summed E-state index contributed by atoms with van der Waals surface area (Å²) in [5.41, 5.74) is 0. The van der Waals surface area contributed by atoms with E-state index < -0.39 is 0 Å². The quantitative estimate of drug-likeness (QED) is 0.670. The number of nitrogens with one attached hydrogen (secondary N) is 1. The second-order valence-corrected chi connectivity index (χ2v) is 6.34. The number of nitrogens with zero attached hydrogens (tertiary/aromatic N) is 2. The first-order valence-electron chi connectivity index (χ1n) is 7.89. The molecule has 0 unspecified atom stereocenters. The molecular formula is C17H17N3O3. The van der Waals surface area contributed by atoms with Gasteiger partial charge in [-0.2, -0.15) is 0 Å². The number of rotatable bonds is 4. The minimum absolute atomic E-state index is 0.0935. The minimum Gasteiger partial charge on any atom is -0.311 e. The topological polar surface area (TPSA) is 79.4 Å². The summed E-state index contributed by atoms with van der Waals surface area (Å²) in [5.74, 6) is 0.0124. The van der Waals surface area contributed by atoms with Gasteiger partial charge in [-0.05, 0) is 30.4 Å². The first-order chi connectivity index (χ1) is 11.1. The zero-order valence-corrected chi connectivity index (χ0v) is 12.5. The molecule has 1 saturated carbocycles. The lowest BCUT2D eigenvalue weighted by molar-refractivity contribution is -0.140. The summed E-state index contributed by atoms with van der Waals surface area (Å²) in [6, 6.07) is 5.23. The van der Waals surface area contributed by atoms with Gasteiger partial charge in [0.2, 0.25) is 17.7 Å². The summed E-state index contributed by atoms with van der Waals surface area (Å²) < 4.78 is 0. The van der Waals surface area contributed by atoms with Gasteiger partial charge < -0.3 is 5.32 Å². The van der Waals surface area contributed by atoms with Crippen molar-refractivity contribution in [2.45, 2.75) is 12.8 Å². The Morgan fingerprint density at radius 3 is 2.48 bits per heavy atom. The molecule has 1 aromatic heterocycles. The number of likely N-dealkylation sites (tertiary alicyclic amines) is 1. The fourth-order valence-corrected chi connectivity index (χ4v) is 4.04. The molecular weight excluding hydrogens is 294 g/mol. The first kappa shape index (κ1) is 14.1. The van der Waals surface area contributed by atoms with Crippen molar-refractivity contribution >= 4 is 23.5 Å². The van der Waals surface area contributed by atoms with Crippen LogP contribution in [0.1, 0.15) is 12.8 Å². The van der Waals surface area contributed by atoms with E-state index in [0.29, 0.717) is 5.82 Å². The van der Waals surface area contributed by atoms with Crippen LogP contribution in [0.25, 0.3) is 0 Å². The highest BCUT2D eigenvalue weighted by Crippen LogP contribution is 2.52. The number of aromatic nitrogens is 1. The number of amides is 3. The van der Waals surface area contributed by atoms with Gasteiger partial charge in [-0.1, -0.05) is 18.2 Å². The van der Waals surface area contributed by atoms with E-state index in [1.165, 1.54) is 4.90 Å². The summed E-state index contributed by atoms with van der Waals surface area (Å²) in [6.45, 7) is 0.142. The lowest BCUT2D eigenvalue weighted by atomic mass is 9.85. The molecule has 2 heterocycles. The molecule has 0 aromatic carbocycles. The summed E-state index contributed by atoms with van der Waals surface area (Å²) in [7, 11) is 0. The third kappa shape index (κ3) is 2.25. The molecule has 23 heavy (non-hydrogen) atoms. The zero-order valence-electron chi connectivity index (χ0n) is 12.5. The Kier molecular flexibility index (Phi) is 3.25. The molecule has 2 fully saturated rings. The Morgan fingerprint density at radius 2 is 1.87 bits per heavy atom. The van der Waals surface area contributed by atoms with Crippen LogP contribution >= 0.6 is 0 Å². The number of allylic oxidation sites excluding steroid dienone is 2. The number of hydrogen-bond donors (Lipinski definition) is 1. The van der Waals surface area contributed by atoms with Crippen LogP contribution in [0.5, 0.6) is 0 Å². The van der Waals surface area contributed by atoms with Crippen molar-refractivity contribution in [3.05, 3.63) is 36.5 Å². The monoisotopic (exact) mass is 311 g/mol. The summed E-state index contributed by atoms with van der Waals surface area (Å²) in [4.78, 5) is 42.2. The van der Waals surface area contributed by atoms with E-state index in [0.717, 1.165) is 6.42 Å². The average Bonchev–Trinajstić information content (AvgIpc) is 3.22. The van der Waals surface area contributed by atoms with Crippen LogP contribution in [-0.2, 0) is 14.4 Å². The number of imide groups is 1. The molecule has 1 aromatic rings. The molecule has 1 saturated heterocycles. The maximum absolute atomic E-state index is 12.5. The average molecular weight is 311 g/mol. The highest BCUT2D eigenvalue weighted by Gasteiger charge is 2.58. The number of carbonyl (C=O) groups is 3. The lowest BCUT2D eigenvalue weighted by Gasteiger charge is -2.16. The molecule has 3 aliphatic rings. The maximum Gasteiger partial charge on any atom is 0.233 e. The molecule has 6 heteroatoms. The predicted molar refractivity (Wildman–Crippen MR) is 81.9 cm³/mol.